The van der Waals surface area contributed by atoms with Crippen LogP contribution in [0.3, 0.4) is 0 Å². The first kappa shape index (κ1) is 20.1. The summed E-state index contributed by atoms with van der Waals surface area (Å²) in [6.07, 6.45) is 4.41. The molecule has 162 valence electrons. The van der Waals surface area contributed by atoms with Gasteiger partial charge in [0.2, 0.25) is 0 Å². The van der Waals surface area contributed by atoms with Crippen molar-refractivity contribution in [2.75, 3.05) is 13.1 Å². The molecule has 0 saturated carbocycles. The van der Waals surface area contributed by atoms with Crippen LogP contribution in [0.2, 0.25) is 0 Å². The van der Waals surface area contributed by atoms with Crippen molar-refractivity contribution < 1.29 is 14.3 Å². The number of rotatable bonds is 3. The SMILES string of the molecule is Cc1nccc(-c2c(-c3ccc(F)cc3)nc3cc(C4CCN(C(=O)O)CC4)ccn23)n1. The van der Waals surface area contributed by atoms with E-state index < -0.39 is 6.09 Å². The molecule has 0 unspecified atom stereocenters. The number of piperidine rings is 1. The number of aromatic nitrogens is 4. The van der Waals surface area contributed by atoms with Gasteiger partial charge in [-0.3, -0.25) is 4.40 Å². The van der Waals surface area contributed by atoms with Gasteiger partial charge in [0.25, 0.3) is 0 Å². The van der Waals surface area contributed by atoms with Crippen molar-refractivity contribution in [3.63, 3.8) is 0 Å². The summed E-state index contributed by atoms with van der Waals surface area (Å²) in [7, 11) is 0. The molecule has 0 spiro atoms. The topological polar surface area (TPSA) is 83.6 Å². The average molecular weight is 431 g/mol. The zero-order valence-corrected chi connectivity index (χ0v) is 17.6. The molecule has 0 aliphatic carbocycles. The number of amides is 1. The second-order valence-electron chi connectivity index (χ2n) is 8.04. The van der Waals surface area contributed by atoms with Gasteiger partial charge in [-0.2, -0.15) is 0 Å². The number of hydrogen-bond donors (Lipinski definition) is 1. The molecule has 1 fully saturated rings. The summed E-state index contributed by atoms with van der Waals surface area (Å²) < 4.78 is 15.5. The van der Waals surface area contributed by atoms with Crippen molar-refractivity contribution in [2.45, 2.75) is 25.7 Å². The maximum atomic E-state index is 13.5. The molecule has 1 aromatic carbocycles. The first-order valence-corrected chi connectivity index (χ1v) is 10.6. The fraction of sp³-hybridized carbons (Fsp3) is 0.250. The fourth-order valence-corrected chi connectivity index (χ4v) is 4.36. The zero-order chi connectivity index (χ0) is 22.2. The number of nitrogens with zero attached hydrogens (tertiary/aromatic N) is 5. The van der Waals surface area contributed by atoms with Crippen LogP contribution in [0.4, 0.5) is 9.18 Å². The molecule has 1 amide bonds. The van der Waals surface area contributed by atoms with E-state index in [4.69, 9.17) is 4.98 Å². The Hall–Kier alpha value is -3.81. The molecule has 4 aromatic rings. The minimum absolute atomic E-state index is 0.284. The largest absolute Gasteiger partial charge is 0.465 e. The smallest absolute Gasteiger partial charge is 0.407 e. The van der Waals surface area contributed by atoms with Crippen molar-refractivity contribution in [1.82, 2.24) is 24.3 Å². The van der Waals surface area contributed by atoms with Crippen LogP contribution >= 0.6 is 0 Å². The maximum Gasteiger partial charge on any atom is 0.407 e. The van der Waals surface area contributed by atoms with Gasteiger partial charge in [-0.1, -0.05) is 0 Å². The van der Waals surface area contributed by atoms with Gasteiger partial charge >= 0.3 is 6.09 Å². The number of carbonyl (C=O) groups is 1. The van der Waals surface area contributed by atoms with Crippen molar-refractivity contribution >= 4 is 11.7 Å². The highest BCUT2D eigenvalue weighted by atomic mass is 19.1. The Morgan fingerprint density at radius 1 is 1.09 bits per heavy atom. The number of pyridine rings is 1. The fourth-order valence-electron chi connectivity index (χ4n) is 4.36. The Morgan fingerprint density at radius 3 is 2.53 bits per heavy atom. The number of halogens is 1. The Labute approximate surface area is 184 Å². The first-order valence-electron chi connectivity index (χ1n) is 10.6. The van der Waals surface area contributed by atoms with E-state index in [2.05, 4.69) is 22.1 Å². The summed E-state index contributed by atoms with van der Waals surface area (Å²) in [5, 5.41) is 9.20. The molecule has 3 aromatic heterocycles. The van der Waals surface area contributed by atoms with Crippen LogP contribution < -0.4 is 0 Å². The molecule has 0 radical (unpaired) electrons. The van der Waals surface area contributed by atoms with Crippen LogP contribution in [-0.4, -0.2) is 48.5 Å². The third-order valence-corrected chi connectivity index (χ3v) is 6.02. The third-order valence-electron chi connectivity index (χ3n) is 6.02. The van der Waals surface area contributed by atoms with Gasteiger partial charge in [0.15, 0.2) is 0 Å². The van der Waals surface area contributed by atoms with Gasteiger partial charge in [0.05, 0.1) is 17.1 Å². The predicted molar refractivity (Wildman–Crippen MR) is 118 cm³/mol. The lowest BCUT2D eigenvalue weighted by atomic mass is 9.90. The van der Waals surface area contributed by atoms with Gasteiger partial charge in [0, 0.05) is 31.0 Å². The van der Waals surface area contributed by atoms with Gasteiger partial charge < -0.3 is 10.0 Å². The monoisotopic (exact) mass is 431 g/mol. The number of carboxylic acid groups (broad SMARTS) is 1. The highest BCUT2D eigenvalue weighted by Crippen LogP contribution is 2.34. The number of hydrogen-bond acceptors (Lipinski definition) is 4. The minimum atomic E-state index is -0.860. The molecule has 1 aliphatic rings. The van der Waals surface area contributed by atoms with Crippen LogP contribution in [0.5, 0.6) is 0 Å². The van der Waals surface area contributed by atoms with Crippen LogP contribution in [0.1, 0.15) is 30.1 Å². The standard InChI is InChI=1S/C24H22FN5O2/c1-15-26-10-6-20(27-15)23-22(17-2-4-19(25)5-3-17)28-21-14-18(9-13-30(21)23)16-7-11-29(12-8-16)24(31)32/h2-6,9-10,13-14,16H,7-8,11-12H2,1H3,(H,31,32). The summed E-state index contributed by atoms with van der Waals surface area (Å²) in [6.45, 7) is 2.91. The van der Waals surface area contributed by atoms with E-state index in [-0.39, 0.29) is 11.7 Å². The molecular weight excluding hydrogens is 409 g/mol. The Balaban J connectivity index is 1.60. The summed E-state index contributed by atoms with van der Waals surface area (Å²) in [5.74, 6) is 0.641. The summed E-state index contributed by atoms with van der Waals surface area (Å²) in [6, 6.07) is 12.3. The first-order chi connectivity index (χ1) is 15.5. The highest BCUT2D eigenvalue weighted by molar-refractivity contribution is 5.80. The maximum absolute atomic E-state index is 13.5. The number of imidazole rings is 1. The molecule has 0 atom stereocenters. The number of likely N-dealkylation sites (tertiary alicyclic amines) is 1. The lowest BCUT2D eigenvalue weighted by molar-refractivity contribution is 0.132. The van der Waals surface area contributed by atoms with Gasteiger partial charge in [0.1, 0.15) is 17.3 Å². The molecule has 1 N–H and O–H groups in total. The van der Waals surface area contributed by atoms with E-state index >= 15 is 0 Å². The summed E-state index contributed by atoms with van der Waals surface area (Å²) in [4.78, 5) is 26.4. The van der Waals surface area contributed by atoms with E-state index in [0.717, 1.165) is 46.7 Å². The van der Waals surface area contributed by atoms with Crippen molar-refractivity contribution in [2.24, 2.45) is 0 Å². The van der Waals surface area contributed by atoms with Crippen LogP contribution in [0, 0.1) is 12.7 Å². The van der Waals surface area contributed by atoms with Gasteiger partial charge in [-0.25, -0.2) is 24.1 Å². The molecule has 8 heteroatoms. The zero-order valence-electron chi connectivity index (χ0n) is 17.6. The van der Waals surface area contributed by atoms with Crippen molar-refractivity contribution in [3.8, 4) is 22.6 Å². The minimum Gasteiger partial charge on any atom is -0.465 e. The van der Waals surface area contributed by atoms with Gasteiger partial charge in [-0.15, -0.1) is 0 Å². The molecular formula is C24H22FN5O2. The third kappa shape index (κ3) is 3.68. The average Bonchev–Trinajstić information content (AvgIpc) is 3.18. The van der Waals surface area contributed by atoms with E-state index in [1.54, 1.807) is 18.3 Å². The number of benzene rings is 1. The lowest BCUT2D eigenvalue weighted by Crippen LogP contribution is -2.36. The van der Waals surface area contributed by atoms with E-state index in [1.165, 1.54) is 17.0 Å². The predicted octanol–water partition coefficient (Wildman–Crippen LogP) is 4.76. The normalized spacial score (nSPS) is 14.8. The second kappa shape index (κ2) is 8.03. The van der Waals surface area contributed by atoms with Crippen LogP contribution in [0.25, 0.3) is 28.3 Å². The summed E-state index contributed by atoms with van der Waals surface area (Å²) in [5.41, 5.74) is 5.01. The molecule has 5 rings (SSSR count). The van der Waals surface area contributed by atoms with E-state index in [1.807, 2.05) is 23.6 Å². The van der Waals surface area contributed by atoms with Gasteiger partial charge in [-0.05, 0) is 73.7 Å². The molecule has 7 nitrogen and oxygen atoms in total. The number of fused-ring (bicyclic) bond motifs is 1. The second-order valence-corrected chi connectivity index (χ2v) is 8.04. The van der Waals surface area contributed by atoms with Crippen LogP contribution in [-0.2, 0) is 0 Å². The van der Waals surface area contributed by atoms with Crippen molar-refractivity contribution in [3.05, 3.63) is 72.1 Å². The molecule has 1 aliphatic heterocycles. The number of aryl methyl sites for hydroxylation is 1. The Bertz CT molecular complexity index is 1290. The van der Waals surface area contributed by atoms with Crippen LogP contribution in [0.15, 0.2) is 54.9 Å². The Morgan fingerprint density at radius 2 is 1.84 bits per heavy atom. The molecule has 0 bridgehead atoms. The molecule has 32 heavy (non-hydrogen) atoms. The lowest BCUT2D eigenvalue weighted by Gasteiger charge is -2.30. The quantitative estimate of drug-likeness (QED) is 0.506. The summed E-state index contributed by atoms with van der Waals surface area (Å²) >= 11 is 0. The Kier molecular flexibility index (Phi) is 5.05. The molecule has 1 saturated heterocycles. The van der Waals surface area contributed by atoms with Crippen molar-refractivity contribution in [1.29, 1.82) is 0 Å². The highest BCUT2D eigenvalue weighted by Gasteiger charge is 2.24. The van der Waals surface area contributed by atoms with E-state index in [9.17, 15) is 14.3 Å². The molecule has 4 heterocycles. The van der Waals surface area contributed by atoms with E-state index in [0.29, 0.717) is 18.9 Å².